The monoisotopic (exact) mass is 1890 g/mol. The third-order valence-electron chi connectivity index (χ3n) is 29.0. The van der Waals surface area contributed by atoms with Gasteiger partial charge in [0, 0.05) is 190 Å². The Morgan fingerprint density at radius 3 is 1.22 bits per heavy atom. The van der Waals surface area contributed by atoms with Crippen LogP contribution in [0.15, 0.2) is 176 Å². The van der Waals surface area contributed by atoms with Crippen LogP contribution in [-0.2, 0) is 60.3 Å². The van der Waals surface area contributed by atoms with Crippen molar-refractivity contribution in [3.63, 3.8) is 0 Å². The number of aromatic nitrogens is 9. The molecular weight excluding hydrogens is 1770 g/mol. The van der Waals surface area contributed by atoms with E-state index in [0.29, 0.717) is 141 Å². The van der Waals surface area contributed by atoms with Crippen LogP contribution in [0.4, 0.5) is 43.3 Å². The van der Waals surface area contributed by atoms with E-state index < -0.39 is 18.4 Å². The van der Waals surface area contributed by atoms with Crippen LogP contribution in [0.25, 0.3) is 59.0 Å². The number of allylic oxidation sites excluding steroid dienone is 1. The van der Waals surface area contributed by atoms with Gasteiger partial charge in [-0.25, -0.2) is 28.5 Å². The second kappa shape index (κ2) is 44.3. The number of hydrogen-bond donors (Lipinski definition) is 0. The van der Waals surface area contributed by atoms with E-state index in [1.165, 1.54) is 78.2 Å². The zero-order chi connectivity index (χ0) is 96.9. The number of likely N-dealkylation sites (N-methyl/N-ethyl adjacent to an activating group) is 3. The summed E-state index contributed by atoms with van der Waals surface area (Å²) >= 11 is 0. The fourth-order valence-corrected chi connectivity index (χ4v) is 21.4. The van der Waals surface area contributed by atoms with Crippen LogP contribution in [0.3, 0.4) is 0 Å². The highest BCUT2D eigenvalue weighted by Gasteiger charge is 2.41. The molecule has 6 aromatic carbocycles. The minimum Gasteiger partial charge on any atom is -0.462 e. The fourth-order valence-electron chi connectivity index (χ4n) is 21.4. The number of benzene rings is 6. The average molecular weight is 1890 g/mol. The Kier molecular flexibility index (Phi) is 30.4. The van der Waals surface area contributed by atoms with Crippen molar-refractivity contribution < 1.29 is 37.4 Å². The van der Waals surface area contributed by atoms with E-state index in [0.717, 1.165) is 153 Å². The number of halogens is 2. The Bertz CT molecular complexity index is 6520. The highest BCUT2D eigenvalue weighted by molar-refractivity contribution is 5.99. The van der Waals surface area contributed by atoms with Crippen LogP contribution in [-0.4, -0.2) is 293 Å². The lowest BCUT2D eigenvalue weighted by Gasteiger charge is -2.41. The lowest BCUT2D eigenvalue weighted by Crippen LogP contribution is -2.56. The molecule has 14 heterocycles. The first-order valence-electron chi connectivity index (χ1n) is 49.0. The number of aryl methyl sites for hydroxylation is 3. The van der Waals surface area contributed by atoms with Crippen LogP contribution in [0.5, 0.6) is 18.0 Å². The number of ether oxygens (including phenoxy) is 3. The Balaban J connectivity index is 0.000000139. The number of anilines is 6. The molecule has 20 rings (SSSR count). The number of amides is 3. The standard InChI is InChI=1S/C37H43N9O2.C37H40N8O2.C34H39F2N7O2/c1-26-8-5-9-28-10-6-12-33(35(26)28)44-17-15-31-32(24-44)40-37(48-25-29-11-7-16-42(29)3)41-36(31)45-18-19-46(30(23-45)21-38-2)34(47)14-13-27-20-39-43(4)22-27;1-38-23-30-24-44(21-22-45(30)35(46)16-15-28-11-5-6-18-39-28)36-32-17-20-43(34-14-7-10-27-9-3-4-13-31(27)34)25-33(32)40-37(41-36)47-26-29-12-8-19-42(29)2;1-23-7-4-8-24-9-5-11-29(32(23)24)41-16-14-27-28(21-41)38-34(45-22-25-10-6-15-40(25)3)39-33(27)42-17-18-43(26(20-42)19-37-2)31(44)13-12-30(35)36/h5-6,8-10,12-14,20,22,29-30H,7,11,15-19,21,23-25H2,1,3-4H3;3-7,9-11,13-16,18,29-30H,8,12,17,19-26H2,2H3;4-5,7-9,11-13,25-26,30H,6,10,14-22H2,1,3H3/b14-13+;16-15+;13-12+/t2*29-,30-;25-,26-/m000/s1. The first kappa shape index (κ1) is 96.0. The maximum absolute atomic E-state index is 13.4. The van der Waals surface area contributed by atoms with E-state index in [9.17, 15) is 23.2 Å². The molecule has 0 aliphatic carbocycles. The molecule has 11 aromatic rings. The molecule has 9 aliphatic heterocycles. The minimum absolute atomic E-state index is 0.0730. The van der Waals surface area contributed by atoms with Crippen molar-refractivity contribution in [1.82, 2.24) is 74.1 Å². The van der Waals surface area contributed by atoms with Crippen LogP contribution < -0.4 is 43.6 Å². The van der Waals surface area contributed by atoms with Gasteiger partial charge in [-0.2, -0.15) is 35.0 Å². The molecular formula is C108H122F2N24O6. The normalized spacial score (nSPS) is 20.2. The maximum Gasteiger partial charge on any atom is 0.318 e. The lowest BCUT2D eigenvalue weighted by molar-refractivity contribution is -0.129. The molecule has 140 heavy (non-hydrogen) atoms. The third kappa shape index (κ3) is 22.1. The van der Waals surface area contributed by atoms with E-state index in [4.69, 9.17) is 63.8 Å². The predicted molar refractivity (Wildman–Crippen MR) is 543 cm³/mol. The summed E-state index contributed by atoms with van der Waals surface area (Å²) in [6.07, 6.45) is 19.8. The van der Waals surface area contributed by atoms with Crippen LogP contribution in [0, 0.1) is 33.6 Å². The van der Waals surface area contributed by atoms with Crippen molar-refractivity contribution in [2.75, 3.05) is 188 Å². The van der Waals surface area contributed by atoms with Gasteiger partial charge in [-0.3, -0.25) is 24.0 Å². The number of rotatable bonds is 24. The molecule has 724 valence electrons. The van der Waals surface area contributed by atoms with Gasteiger partial charge in [-0.05, 0) is 188 Å². The average Bonchev–Trinajstić information content (AvgIpc) is 0.958. The zero-order valence-corrected chi connectivity index (χ0v) is 80.7. The van der Waals surface area contributed by atoms with E-state index in [-0.39, 0.29) is 43.5 Å². The first-order chi connectivity index (χ1) is 68.3. The second-order valence-electron chi connectivity index (χ2n) is 37.9. The van der Waals surface area contributed by atoms with Gasteiger partial charge in [0.15, 0.2) is 0 Å². The van der Waals surface area contributed by atoms with E-state index >= 15 is 0 Å². The number of carbonyl (C=O) groups excluding carboxylic acids is 3. The van der Waals surface area contributed by atoms with Crippen LogP contribution >= 0.6 is 0 Å². The number of nitrogens with zero attached hydrogens (tertiary/aromatic N) is 24. The van der Waals surface area contributed by atoms with Crippen molar-refractivity contribution in [3.05, 3.63) is 267 Å². The summed E-state index contributed by atoms with van der Waals surface area (Å²) in [6, 6.07) is 47.5. The third-order valence-corrected chi connectivity index (χ3v) is 29.0. The van der Waals surface area contributed by atoms with Gasteiger partial charge in [-0.1, -0.05) is 103 Å². The molecule has 0 saturated carbocycles. The van der Waals surface area contributed by atoms with Gasteiger partial charge in [-0.15, -0.1) is 0 Å². The largest absolute Gasteiger partial charge is 0.462 e. The molecule has 0 bridgehead atoms. The van der Waals surface area contributed by atoms with Gasteiger partial charge in [0.05, 0.1) is 48.6 Å². The number of piperazine rings is 3. The highest BCUT2D eigenvalue weighted by atomic mass is 19.3. The molecule has 0 radical (unpaired) electrons. The lowest BCUT2D eigenvalue weighted by atomic mass is 9.99. The van der Waals surface area contributed by atoms with Gasteiger partial charge in [0.25, 0.3) is 6.43 Å². The summed E-state index contributed by atoms with van der Waals surface area (Å²) in [5.41, 5.74) is 13.8. The van der Waals surface area contributed by atoms with Crippen molar-refractivity contribution in [1.29, 1.82) is 0 Å². The van der Waals surface area contributed by atoms with Gasteiger partial charge >= 0.3 is 18.0 Å². The molecule has 0 unspecified atom stereocenters. The van der Waals surface area contributed by atoms with Crippen LogP contribution in [0.1, 0.15) is 94.7 Å². The molecule has 6 atom stereocenters. The Morgan fingerprint density at radius 1 is 0.429 bits per heavy atom. The van der Waals surface area contributed by atoms with Crippen LogP contribution in [0.2, 0.25) is 0 Å². The van der Waals surface area contributed by atoms with Gasteiger partial charge < -0.3 is 87.5 Å². The molecule has 0 N–H and O–H groups in total. The number of pyridine rings is 1. The van der Waals surface area contributed by atoms with Crippen molar-refractivity contribution in [2.45, 2.75) is 134 Å². The molecule has 5 aromatic heterocycles. The first-order valence-corrected chi connectivity index (χ1v) is 49.0. The molecule has 0 spiro atoms. The van der Waals surface area contributed by atoms with Gasteiger partial charge in [0.1, 0.15) is 55.4 Å². The topological polar surface area (TPSA) is 239 Å². The van der Waals surface area contributed by atoms with E-state index in [2.05, 4.69) is 219 Å². The second-order valence-corrected chi connectivity index (χ2v) is 37.9. The summed E-state index contributed by atoms with van der Waals surface area (Å²) in [5, 5.41) is 11.6. The number of carbonyl (C=O) groups is 3. The summed E-state index contributed by atoms with van der Waals surface area (Å²) in [7, 11) is 8.25. The molecule has 3 amide bonds. The Morgan fingerprint density at radius 2 is 0.821 bits per heavy atom. The predicted octanol–water partition coefficient (Wildman–Crippen LogP) is 13.8. The van der Waals surface area contributed by atoms with E-state index in [1.807, 2.05) is 41.2 Å². The van der Waals surface area contributed by atoms with Crippen molar-refractivity contribution in [2.24, 2.45) is 7.05 Å². The zero-order valence-electron chi connectivity index (χ0n) is 80.7. The Hall–Kier alpha value is -14.3. The highest BCUT2D eigenvalue weighted by Crippen LogP contribution is 2.42. The fraction of sp³-hybridized carbons (Fsp3) is 0.426. The number of alkyl halides is 2. The molecule has 32 heteroatoms. The van der Waals surface area contributed by atoms with E-state index in [1.54, 1.807) is 41.4 Å². The molecule has 6 saturated heterocycles. The Labute approximate surface area is 817 Å². The summed E-state index contributed by atoms with van der Waals surface area (Å²) in [5.74, 6) is 1.81. The molecule has 9 aliphatic rings. The van der Waals surface area contributed by atoms with Crippen molar-refractivity contribution >= 4 is 96.7 Å². The summed E-state index contributed by atoms with van der Waals surface area (Å²) in [6.45, 7) is 41.2. The van der Waals surface area contributed by atoms with Gasteiger partial charge in [0.2, 0.25) is 37.4 Å². The maximum atomic E-state index is 13.4. The molecule has 30 nitrogen and oxygen atoms in total. The quantitative estimate of drug-likeness (QED) is 0.0403. The minimum atomic E-state index is -2.71. The smallest absolute Gasteiger partial charge is 0.318 e. The van der Waals surface area contributed by atoms with Crippen molar-refractivity contribution in [3.8, 4) is 18.0 Å². The summed E-state index contributed by atoms with van der Waals surface area (Å²) < 4.78 is 46.2. The SMILES string of the molecule is [C-]#[N+]C[C@H]1CN(c2nc(OC[C@@H]3CCCN3C)nc3c2CCN(c2cccc4cccc(C)c24)C3)CCN1C(=O)/C=C/C(F)F.[C-]#[N+]C[C@H]1CN(c2nc(OC[C@@H]3CCCN3C)nc3c2CCN(c2cccc4cccc(C)c24)C3)CCN1C(=O)/C=C/c1cnn(C)c1.[C-]#[N+]C[C@H]1CN(c2nc(OC[C@@H]3CCCN3C)nc3c2CCN(c2cccc4ccccc24)C3)CCN1C(=O)/C=C/c1ccccn1. The summed E-state index contributed by atoms with van der Waals surface area (Å²) in [4.78, 5) is 111. The molecule has 6 fully saturated rings. The number of hydrogen-bond acceptors (Lipinski definition) is 23. The number of fused-ring (bicyclic) bond motifs is 6. The number of likely N-dealkylation sites (tertiary alicyclic amines) is 3.